The predicted molar refractivity (Wildman–Crippen MR) is 270 cm³/mol. The lowest BCUT2D eigenvalue weighted by Gasteiger charge is -2.42. The normalized spacial score (nSPS) is 20.3. The van der Waals surface area contributed by atoms with Crippen LogP contribution in [0.25, 0.3) is 64.5 Å². The van der Waals surface area contributed by atoms with Gasteiger partial charge in [-0.05, 0) is 131 Å². The SMILES string of the molecule is CC1=C(c2ccc3sc4ccccc4c3c2)N=C(C2=CC3=CC=C(n4c5ccccc5c5cc6c(cc54)C(C)(C)CCC6(C)C)CC3C=C2)NC1c1cccc(-c2ccccc2)c1. The third kappa shape index (κ3) is 6.25. The first-order valence-corrected chi connectivity index (χ1v) is 23.4. The molecule has 1 aliphatic heterocycles. The number of allylic oxidation sites excluding steroid dienone is 6. The van der Waals surface area contributed by atoms with Crippen molar-refractivity contribution in [3.05, 3.63) is 203 Å². The summed E-state index contributed by atoms with van der Waals surface area (Å²) < 4.78 is 5.18. The van der Waals surface area contributed by atoms with Crippen molar-refractivity contribution in [1.29, 1.82) is 0 Å². The first kappa shape index (κ1) is 38.2. The maximum Gasteiger partial charge on any atom is 0.134 e. The Kier molecular flexibility index (Phi) is 8.65. The number of hydrogen-bond acceptors (Lipinski definition) is 3. The highest BCUT2D eigenvalue weighted by atomic mass is 32.1. The van der Waals surface area contributed by atoms with Crippen LogP contribution in [-0.2, 0) is 10.8 Å². The number of rotatable bonds is 5. The van der Waals surface area contributed by atoms with E-state index < -0.39 is 0 Å². The first-order chi connectivity index (χ1) is 30.6. The number of amidine groups is 1. The van der Waals surface area contributed by atoms with Crippen LogP contribution in [0.1, 0.15) is 82.2 Å². The Labute approximate surface area is 374 Å². The third-order valence-corrected chi connectivity index (χ3v) is 15.8. The van der Waals surface area contributed by atoms with Crippen LogP contribution in [0.2, 0.25) is 0 Å². The fourth-order valence-electron chi connectivity index (χ4n) is 11.0. The summed E-state index contributed by atoms with van der Waals surface area (Å²) >= 11 is 1.86. The molecule has 3 nitrogen and oxygen atoms in total. The summed E-state index contributed by atoms with van der Waals surface area (Å²) in [4.78, 5) is 5.53. The fraction of sp³-hybridized carbons (Fsp3) is 0.203. The third-order valence-electron chi connectivity index (χ3n) is 14.6. The Bertz CT molecular complexity index is 3410. The largest absolute Gasteiger partial charge is 0.359 e. The van der Waals surface area contributed by atoms with Gasteiger partial charge in [-0.1, -0.05) is 137 Å². The van der Waals surface area contributed by atoms with Gasteiger partial charge in [0.15, 0.2) is 0 Å². The van der Waals surface area contributed by atoms with E-state index in [4.69, 9.17) is 4.99 Å². The van der Waals surface area contributed by atoms with Crippen molar-refractivity contribution in [2.75, 3.05) is 0 Å². The van der Waals surface area contributed by atoms with Gasteiger partial charge in [-0.2, -0.15) is 0 Å². The summed E-state index contributed by atoms with van der Waals surface area (Å²) in [6.07, 6.45) is 15.2. The van der Waals surface area contributed by atoms with Crippen LogP contribution < -0.4 is 5.32 Å². The van der Waals surface area contributed by atoms with Crippen molar-refractivity contribution in [1.82, 2.24) is 9.88 Å². The molecule has 3 heterocycles. The zero-order valence-electron chi connectivity index (χ0n) is 36.7. The van der Waals surface area contributed by atoms with E-state index in [1.54, 1.807) is 0 Å². The number of nitrogens with one attached hydrogen (secondary N) is 1. The molecule has 4 aliphatic rings. The van der Waals surface area contributed by atoms with Crippen LogP contribution >= 0.6 is 11.3 Å². The number of aliphatic imine (C=N–C) groups is 1. The van der Waals surface area contributed by atoms with E-state index in [0.29, 0.717) is 0 Å². The molecule has 1 N–H and O–H groups in total. The molecule has 0 amide bonds. The Hall–Kier alpha value is -6.49. The molecule has 2 unspecified atom stereocenters. The van der Waals surface area contributed by atoms with Gasteiger partial charge in [-0.25, -0.2) is 4.99 Å². The minimum atomic E-state index is -0.0541. The van der Waals surface area contributed by atoms with E-state index >= 15 is 0 Å². The Morgan fingerprint density at radius 3 is 2.21 bits per heavy atom. The van der Waals surface area contributed by atoms with E-state index in [1.165, 1.54) is 99.5 Å². The van der Waals surface area contributed by atoms with E-state index in [0.717, 1.165) is 29.1 Å². The van der Waals surface area contributed by atoms with Gasteiger partial charge >= 0.3 is 0 Å². The van der Waals surface area contributed by atoms with Crippen LogP contribution in [0.3, 0.4) is 0 Å². The van der Waals surface area contributed by atoms with Gasteiger partial charge in [0.25, 0.3) is 0 Å². The molecule has 0 radical (unpaired) electrons. The van der Waals surface area contributed by atoms with Crippen LogP contribution in [0.5, 0.6) is 0 Å². The Balaban J connectivity index is 0.959. The summed E-state index contributed by atoms with van der Waals surface area (Å²) in [5, 5.41) is 9.25. The van der Waals surface area contributed by atoms with Gasteiger partial charge in [0, 0.05) is 53.7 Å². The van der Waals surface area contributed by atoms with Crippen molar-refractivity contribution in [2.45, 2.75) is 70.8 Å². The molecule has 8 aromatic rings. The highest BCUT2D eigenvalue weighted by Crippen LogP contribution is 2.49. The summed E-state index contributed by atoms with van der Waals surface area (Å²) in [6.45, 7) is 12.0. The lowest BCUT2D eigenvalue weighted by molar-refractivity contribution is 0.332. The lowest BCUT2D eigenvalue weighted by Crippen LogP contribution is -2.34. The number of fused-ring (bicyclic) bond motifs is 8. The zero-order chi connectivity index (χ0) is 42.6. The number of aromatic nitrogens is 1. The highest BCUT2D eigenvalue weighted by Gasteiger charge is 2.38. The van der Waals surface area contributed by atoms with Gasteiger partial charge < -0.3 is 9.88 Å². The molecule has 0 saturated carbocycles. The van der Waals surface area contributed by atoms with Crippen LogP contribution in [0, 0.1) is 5.92 Å². The topological polar surface area (TPSA) is 29.3 Å². The molecule has 6 aromatic carbocycles. The zero-order valence-corrected chi connectivity index (χ0v) is 37.5. The van der Waals surface area contributed by atoms with Gasteiger partial charge in [0.05, 0.1) is 22.8 Å². The van der Waals surface area contributed by atoms with E-state index in [1.807, 2.05) is 11.3 Å². The van der Waals surface area contributed by atoms with E-state index in [2.05, 4.69) is 208 Å². The molecule has 0 fully saturated rings. The molecule has 308 valence electrons. The molecule has 12 rings (SSSR count). The number of nitrogens with zero attached hydrogens (tertiary/aromatic N) is 2. The summed E-state index contributed by atoms with van der Waals surface area (Å²) in [7, 11) is 0. The average Bonchev–Trinajstić information content (AvgIpc) is 3.85. The molecular weight excluding hydrogens is 783 g/mol. The Morgan fingerprint density at radius 1 is 0.635 bits per heavy atom. The van der Waals surface area contributed by atoms with Gasteiger partial charge in [0.2, 0.25) is 0 Å². The average molecular weight is 834 g/mol. The molecule has 63 heavy (non-hydrogen) atoms. The van der Waals surface area contributed by atoms with Crippen molar-refractivity contribution in [3.63, 3.8) is 0 Å². The number of para-hydroxylation sites is 1. The molecule has 2 aromatic heterocycles. The molecule has 4 heteroatoms. The van der Waals surface area contributed by atoms with Gasteiger partial charge in [-0.3, -0.25) is 0 Å². The molecule has 2 atom stereocenters. The van der Waals surface area contributed by atoms with Crippen LogP contribution in [0.4, 0.5) is 0 Å². The summed E-state index contributed by atoms with van der Waals surface area (Å²) in [6, 6.07) is 49.4. The van der Waals surface area contributed by atoms with Crippen LogP contribution in [0.15, 0.2) is 186 Å². The standard InChI is InChI=1S/C59H51N3S/c1-36-55(41-17-13-16-38(30-41)37-14-7-6-8-15-37)60-57(61-56(36)42-25-27-54-48(33-42)46-19-10-12-21-53(46)63-54)43-23-22-40-32-44(26-24-39(40)31-43)62-51-20-11-9-18-45(51)47-34-49-50(35-52(47)62)59(4,5)29-28-58(49,2)3/h6-27,30-31,33-35,40,55H,28-29,32H2,1-5H3,(H,60,61). The molecule has 0 spiro atoms. The van der Waals surface area contributed by atoms with E-state index in [9.17, 15) is 0 Å². The van der Waals surface area contributed by atoms with Crippen molar-refractivity contribution in [3.8, 4) is 11.1 Å². The summed E-state index contributed by atoms with van der Waals surface area (Å²) in [5.41, 5.74) is 16.8. The Morgan fingerprint density at radius 2 is 1.37 bits per heavy atom. The number of thiophene rings is 1. The quantitative estimate of drug-likeness (QED) is 0.184. The maximum absolute atomic E-state index is 5.53. The highest BCUT2D eigenvalue weighted by molar-refractivity contribution is 7.25. The predicted octanol–water partition coefficient (Wildman–Crippen LogP) is 15.6. The molecule has 3 aliphatic carbocycles. The van der Waals surface area contributed by atoms with Crippen LogP contribution in [-0.4, -0.2) is 10.4 Å². The lowest BCUT2D eigenvalue weighted by atomic mass is 9.63. The first-order valence-electron chi connectivity index (χ1n) is 22.6. The molecule has 0 bridgehead atoms. The second kappa shape index (κ2) is 14.3. The van der Waals surface area contributed by atoms with E-state index in [-0.39, 0.29) is 22.8 Å². The van der Waals surface area contributed by atoms with Crippen molar-refractivity contribution in [2.24, 2.45) is 10.9 Å². The van der Waals surface area contributed by atoms with Crippen molar-refractivity contribution >= 4 is 70.5 Å². The number of benzene rings is 6. The molecule has 0 saturated heterocycles. The van der Waals surface area contributed by atoms with Gasteiger partial charge in [0.1, 0.15) is 5.84 Å². The monoisotopic (exact) mass is 833 g/mol. The van der Waals surface area contributed by atoms with Gasteiger partial charge in [-0.15, -0.1) is 11.3 Å². The number of hydrogen-bond donors (Lipinski definition) is 1. The minimum absolute atomic E-state index is 0.0541. The van der Waals surface area contributed by atoms with Crippen molar-refractivity contribution < 1.29 is 0 Å². The fourth-order valence-corrected chi connectivity index (χ4v) is 12.0. The summed E-state index contributed by atoms with van der Waals surface area (Å²) in [5.74, 6) is 1.18. The second-order valence-corrected chi connectivity index (χ2v) is 20.6. The molecular formula is C59H51N3S. The second-order valence-electron chi connectivity index (χ2n) is 19.5. The maximum atomic E-state index is 5.53. The minimum Gasteiger partial charge on any atom is -0.359 e. The smallest absolute Gasteiger partial charge is 0.134 e.